The summed E-state index contributed by atoms with van der Waals surface area (Å²) in [6.07, 6.45) is 0.908. The molecule has 0 saturated heterocycles. The van der Waals surface area contributed by atoms with Crippen LogP contribution in [0, 0.1) is 0 Å². The second-order valence-corrected chi connectivity index (χ2v) is 7.04. The van der Waals surface area contributed by atoms with E-state index in [0.29, 0.717) is 0 Å². The lowest BCUT2D eigenvalue weighted by Gasteiger charge is -2.13. The molecule has 5 aromatic rings. The van der Waals surface area contributed by atoms with Crippen LogP contribution in [0.25, 0.3) is 27.8 Å². The Kier molecular flexibility index (Phi) is 4.27. The first-order chi connectivity index (χ1) is 13.9. The predicted octanol–water partition coefficient (Wildman–Crippen LogP) is 6.89. The Balaban J connectivity index is 1.85. The van der Waals surface area contributed by atoms with Crippen molar-refractivity contribution in [3.8, 4) is 16.9 Å². The highest BCUT2D eigenvalue weighted by Crippen LogP contribution is 2.37. The van der Waals surface area contributed by atoms with Gasteiger partial charge in [0.05, 0.1) is 11.2 Å². The van der Waals surface area contributed by atoms with Crippen LogP contribution in [0.3, 0.4) is 0 Å². The summed E-state index contributed by atoms with van der Waals surface area (Å²) in [4.78, 5) is 0. The molecule has 0 spiro atoms. The number of benzene rings is 4. The first-order valence-electron chi connectivity index (χ1n) is 9.69. The number of hydrogen-bond donors (Lipinski definition) is 0. The molecule has 1 aromatic heterocycles. The summed E-state index contributed by atoms with van der Waals surface area (Å²) < 4.78 is 2.41. The molecule has 0 aliphatic heterocycles. The molecular formula is C27H21N. The first-order valence-corrected chi connectivity index (χ1v) is 9.69. The molecule has 1 nitrogen and oxygen atoms in total. The van der Waals surface area contributed by atoms with E-state index in [9.17, 15) is 0 Å². The van der Waals surface area contributed by atoms with Crippen LogP contribution in [0.5, 0.6) is 0 Å². The van der Waals surface area contributed by atoms with Gasteiger partial charge in [-0.25, -0.2) is 0 Å². The molecule has 1 heterocycles. The molecule has 28 heavy (non-hydrogen) atoms. The van der Waals surface area contributed by atoms with Crippen LogP contribution in [0.4, 0.5) is 0 Å². The van der Waals surface area contributed by atoms with E-state index >= 15 is 0 Å². The summed E-state index contributed by atoms with van der Waals surface area (Å²) >= 11 is 0. The Bertz CT molecular complexity index is 1200. The monoisotopic (exact) mass is 359 g/mol. The van der Waals surface area contributed by atoms with Crippen molar-refractivity contribution in [3.63, 3.8) is 0 Å². The first kappa shape index (κ1) is 16.6. The number of rotatable bonds is 4. The molecule has 0 N–H and O–H groups in total. The third-order valence-corrected chi connectivity index (χ3v) is 5.26. The minimum Gasteiger partial charge on any atom is -0.309 e. The van der Waals surface area contributed by atoms with Crippen LogP contribution < -0.4 is 0 Å². The van der Waals surface area contributed by atoms with Crippen molar-refractivity contribution in [2.75, 3.05) is 0 Å². The van der Waals surface area contributed by atoms with Crippen LogP contribution in [0.15, 0.2) is 115 Å². The fourth-order valence-electron chi connectivity index (χ4n) is 4.03. The van der Waals surface area contributed by atoms with Crippen LogP contribution in [0.2, 0.25) is 0 Å². The molecule has 0 aliphatic carbocycles. The normalized spacial score (nSPS) is 11.0. The van der Waals surface area contributed by atoms with Crippen molar-refractivity contribution < 1.29 is 0 Å². The second kappa shape index (κ2) is 7.21. The molecule has 0 saturated carbocycles. The molecule has 0 unspecified atom stereocenters. The molecule has 134 valence electrons. The van der Waals surface area contributed by atoms with Crippen molar-refractivity contribution in [1.82, 2.24) is 4.57 Å². The molecule has 5 rings (SSSR count). The highest BCUT2D eigenvalue weighted by Gasteiger charge is 2.19. The predicted molar refractivity (Wildman–Crippen MR) is 118 cm³/mol. The summed E-state index contributed by atoms with van der Waals surface area (Å²) in [7, 11) is 0. The quantitative estimate of drug-likeness (QED) is 0.329. The smallest absolute Gasteiger partial charge is 0.0576 e. The van der Waals surface area contributed by atoms with Crippen LogP contribution in [-0.2, 0) is 6.42 Å². The third kappa shape index (κ3) is 2.91. The lowest BCUT2D eigenvalue weighted by atomic mass is 9.98. The standard InChI is InChI=1S/C27H21N/c1-4-12-21(13-5-1)20-25-24-18-10-11-19-26(24)28(23-16-8-3-9-17-23)27(25)22-14-6-2-7-15-22/h1-19H,20H2. The van der Waals surface area contributed by atoms with Gasteiger partial charge in [0.1, 0.15) is 0 Å². The summed E-state index contributed by atoms with van der Waals surface area (Å²) in [6.45, 7) is 0. The van der Waals surface area contributed by atoms with Crippen molar-refractivity contribution in [2.45, 2.75) is 6.42 Å². The van der Waals surface area contributed by atoms with Crippen molar-refractivity contribution in [1.29, 1.82) is 0 Å². The molecular weight excluding hydrogens is 338 g/mol. The van der Waals surface area contributed by atoms with Gasteiger partial charge in [-0.1, -0.05) is 97.1 Å². The summed E-state index contributed by atoms with van der Waals surface area (Å²) in [5.41, 5.74) is 7.66. The van der Waals surface area contributed by atoms with Gasteiger partial charge in [-0.3, -0.25) is 0 Å². The third-order valence-electron chi connectivity index (χ3n) is 5.26. The molecule has 0 atom stereocenters. The highest BCUT2D eigenvalue weighted by atomic mass is 15.0. The molecule has 0 aliphatic rings. The fourth-order valence-corrected chi connectivity index (χ4v) is 4.03. The van der Waals surface area contributed by atoms with Gasteiger partial charge < -0.3 is 4.57 Å². The molecule has 4 aromatic carbocycles. The van der Waals surface area contributed by atoms with Gasteiger partial charge in [0.2, 0.25) is 0 Å². The molecule has 0 fully saturated rings. The Labute approximate surface area is 165 Å². The van der Waals surface area contributed by atoms with Crippen molar-refractivity contribution >= 4 is 10.9 Å². The van der Waals surface area contributed by atoms with E-state index in [-0.39, 0.29) is 0 Å². The molecule has 1 heteroatoms. The SMILES string of the molecule is c1ccc(Cc2c(-c3ccccc3)n(-c3ccccc3)c3ccccc23)cc1. The molecule has 0 bridgehead atoms. The van der Waals surface area contributed by atoms with Crippen molar-refractivity contribution in [3.05, 3.63) is 126 Å². The summed E-state index contributed by atoms with van der Waals surface area (Å²) in [6, 6.07) is 40.9. The van der Waals surface area contributed by atoms with Gasteiger partial charge in [0, 0.05) is 17.5 Å². The van der Waals surface area contributed by atoms with Gasteiger partial charge in [-0.2, -0.15) is 0 Å². The van der Waals surface area contributed by atoms with Gasteiger partial charge in [0.25, 0.3) is 0 Å². The zero-order chi connectivity index (χ0) is 18.8. The van der Waals surface area contributed by atoms with E-state index in [0.717, 1.165) is 6.42 Å². The van der Waals surface area contributed by atoms with E-state index in [1.54, 1.807) is 0 Å². The number of aromatic nitrogens is 1. The summed E-state index contributed by atoms with van der Waals surface area (Å²) in [5, 5.41) is 1.31. The van der Waals surface area contributed by atoms with Crippen LogP contribution in [0.1, 0.15) is 11.1 Å². The average Bonchev–Trinajstić information content (AvgIpc) is 3.10. The lowest BCUT2D eigenvalue weighted by Crippen LogP contribution is -1.98. The number of nitrogens with zero attached hydrogens (tertiary/aromatic N) is 1. The second-order valence-electron chi connectivity index (χ2n) is 7.04. The van der Waals surface area contributed by atoms with Crippen molar-refractivity contribution in [2.24, 2.45) is 0 Å². The Morgan fingerprint density at radius 2 is 1.11 bits per heavy atom. The van der Waals surface area contributed by atoms with E-state index in [4.69, 9.17) is 0 Å². The number of para-hydroxylation sites is 2. The Morgan fingerprint density at radius 1 is 0.536 bits per heavy atom. The minimum absolute atomic E-state index is 0.908. The van der Waals surface area contributed by atoms with E-state index < -0.39 is 0 Å². The highest BCUT2D eigenvalue weighted by molar-refractivity contribution is 5.94. The maximum atomic E-state index is 2.41. The van der Waals surface area contributed by atoms with Crippen LogP contribution in [-0.4, -0.2) is 4.57 Å². The van der Waals surface area contributed by atoms with Crippen LogP contribution >= 0.6 is 0 Å². The number of hydrogen-bond acceptors (Lipinski definition) is 0. The fraction of sp³-hybridized carbons (Fsp3) is 0.0370. The van der Waals surface area contributed by atoms with Gasteiger partial charge in [-0.15, -0.1) is 0 Å². The topological polar surface area (TPSA) is 4.93 Å². The van der Waals surface area contributed by atoms with E-state index in [2.05, 4.69) is 120 Å². The summed E-state index contributed by atoms with van der Waals surface area (Å²) in [5.74, 6) is 0. The zero-order valence-electron chi connectivity index (χ0n) is 15.6. The van der Waals surface area contributed by atoms with E-state index in [1.165, 1.54) is 39.0 Å². The largest absolute Gasteiger partial charge is 0.309 e. The average molecular weight is 359 g/mol. The maximum Gasteiger partial charge on any atom is 0.0576 e. The van der Waals surface area contributed by atoms with Gasteiger partial charge in [-0.05, 0) is 34.9 Å². The maximum absolute atomic E-state index is 2.41. The Hall–Kier alpha value is -3.58. The lowest BCUT2D eigenvalue weighted by molar-refractivity contribution is 1.11. The molecule has 0 amide bonds. The minimum atomic E-state index is 0.908. The van der Waals surface area contributed by atoms with Gasteiger partial charge in [0.15, 0.2) is 0 Å². The van der Waals surface area contributed by atoms with E-state index in [1.807, 2.05) is 0 Å². The zero-order valence-corrected chi connectivity index (χ0v) is 15.6. The molecule has 0 radical (unpaired) electrons. The number of fused-ring (bicyclic) bond motifs is 1. The Morgan fingerprint density at radius 3 is 1.82 bits per heavy atom. The van der Waals surface area contributed by atoms with Gasteiger partial charge >= 0.3 is 0 Å².